The van der Waals surface area contributed by atoms with Crippen LogP contribution in [0.4, 0.5) is 22.0 Å². The molecule has 1 heterocycles. The van der Waals surface area contributed by atoms with Crippen LogP contribution in [0.5, 0.6) is 0 Å². The van der Waals surface area contributed by atoms with Crippen LogP contribution in [0.2, 0.25) is 0 Å². The molecule has 3 rings (SSSR count). The van der Waals surface area contributed by atoms with Gasteiger partial charge in [0.15, 0.2) is 0 Å². The number of carbonyl (C=O) groups excluding carboxylic acids is 1. The lowest BCUT2D eigenvalue weighted by Crippen LogP contribution is -2.20. The molecule has 23 heavy (non-hydrogen) atoms. The highest BCUT2D eigenvalue weighted by atomic mass is 16.2. The molecular formula is C18H22N4O. The molecule has 1 aromatic carbocycles. The third-order valence-electron chi connectivity index (χ3n) is 4.12. The van der Waals surface area contributed by atoms with Crippen LogP contribution in [0.15, 0.2) is 48.7 Å². The normalized spacial score (nSPS) is 14.4. The molecule has 5 heteroatoms. The van der Waals surface area contributed by atoms with Crippen LogP contribution in [0, 0.1) is 5.92 Å². The van der Waals surface area contributed by atoms with Gasteiger partial charge in [0.1, 0.15) is 5.82 Å². The molecule has 2 aromatic rings. The third kappa shape index (κ3) is 4.71. The molecule has 0 atom stereocenters. The predicted octanol–water partition coefficient (Wildman–Crippen LogP) is 4.33. The summed E-state index contributed by atoms with van der Waals surface area (Å²) in [5, 5.41) is 8.96. The zero-order valence-electron chi connectivity index (χ0n) is 13.1. The second-order valence-electron chi connectivity index (χ2n) is 5.90. The minimum absolute atomic E-state index is 0.296. The highest BCUT2D eigenvalue weighted by molar-refractivity contribution is 5.99. The van der Waals surface area contributed by atoms with Crippen molar-refractivity contribution in [1.29, 1.82) is 0 Å². The number of benzene rings is 1. The van der Waals surface area contributed by atoms with Crippen molar-refractivity contribution in [3.8, 4) is 0 Å². The maximum absolute atomic E-state index is 11.9. The van der Waals surface area contributed by atoms with Gasteiger partial charge in [-0.2, -0.15) is 0 Å². The first-order valence-corrected chi connectivity index (χ1v) is 8.12. The number of rotatable bonds is 5. The van der Waals surface area contributed by atoms with Crippen LogP contribution in [0.3, 0.4) is 0 Å². The van der Waals surface area contributed by atoms with Gasteiger partial charge in [-0.25, -0.2) is 9.78 Å². The molecule has 0 spiro atoms. The van der Waals surface area contributed by atoms with Crippen LogP contribution in [0.25, 0.3) is 0 Å². The standard InChI is InChI=1S/C18H22N4O/c23-18(22-17-7-3-4-12-19-17)21-16-10-8-15(9-11-16)20-13-14-5-1-2-6-14/h3-4,7-12,14,20H,1-2,5-6,13H2,(H2,19,21,22,23). The lowest BCUT2D eigenvalue weighted by Gasteiger charge is -2.12. The van der Waals surface area contributed by atoms with Crippen molar-refractivity contribution < 1.29 is 4.79 Å². The summed E-state index contributed by atoms with van der Waals surface area (Å²) in [6.07, 6.45) is 7.03. The van der Waals surface area contributed by atoms with E-state index in [-0.39, 0.29) is 6.03 Å². The van der Waals surface area contributed by atoms with E-state index in [9.17, 15) is 4.79 Å². The Morgan fingerprint density at radius 1 is 1.00 bits per heavy atom. The summed E-state index contributed by atoms with van der Waals surface area (Å²) >= 11 is 0. The molecule has 5 nitrogen and oxygen atoms in total. The predicted molar refractivity (Wildman–Crippen MR) is 93.8 cm³/mol. The Morgan fingerprint density at radius 2 is 1.74 bits per heavy atom. The van der Waals surface area contributed by atoms with E-state index in [2.05, 4.69) is 20.9 Å². The van der Waals surface area contributed by atoms with E-state index >= 15 is 0 Å². The summed E-state index contributed by atoms with van der Waals surface area (Å²) < 4.78 is 0. The van der Waals surface area contributed by atoms with Crippen molar-refractivity contribution in [2.24, 2.45) is 5.92 Å². The van der Waals surface area contributed by atoms with Gasteiger partial charge in [0, 0.05) is 24.1 Å². The van der Waals surface area contributed by atoms with Gasteiger partial charge in [-0.05, 0) is 55.2 Å². The van der Waals surface area contributed by atoms with Gasteiger partial charge in [-0.1, -0.05) is 18.9 Å². The van der Waals surface area contributed by atoms with E-state index in [1.807, 2.05) is 30.3 Å². The zero-order chi connectivity index (χ0) is 15.9. The molecule has 3 N–H and O–H groups in total. The number of anilines is 3. The van der Waals surface area contributed by atoms with Crippen LogP contribution in [0.1, 0.15) is 25.7 Å². The van der Waals surface area contributed by atoms with E-state index in [0.29, 0.717) is 5.82 Å². The lowest BCUT2D eigenvalue weighted by atomic mass is 10.1. The second kappa shape index (κ2) is 7.63. The molecule has 0 unspecified atom stereocenters. The van der Waals surface area contributed by atoms with Crippen LogP contribution < -0.4 is 16.0 Å². The number of urea groups is 1. The second-order valence-corrected chi connectivity index (χ2v) is 5.90. The van der Waals surface area contributed by atoms with E-state index < -0.39 is 0 Å². The summed E-state index contributed by atoms with van der Waals surface area (Å²) in [6, 6.07) is 12.9. The van der Waals surface area contributed by atoms with Gasteiger partial charge >= 0.3 is 6.03 Å². The number of nitrogens with one attached hydrogen (secondary N) is 3. The highest BCUT2D eigenvalue weighted by Gasteiger charge is 2.14. The molecule has 0 radical (unpaired) electrons. The Morgan fingerprint density at radius 3 is 2.43 bits per heavy atom. The van der Waals surface area contributed by atoms with E-state index in [1.54, 1.807) is 18.3 Å². The summed E-state index contributed by atoms with van der Waals surface area (Å²) in [4.78, 5) is 15.9. The third-order valence-corrected chi connectivity index (χ3v) is 4.12. The smallest absolute Gasteiger partial charge is 0.324 e. The van der Waals surface area contributed by atoms with Crippen LogP contribution in [-0.4, -0.2) is 17.6 Å². The summed E-state index contributed by atoms with van der Waals surface area (Å²) in [7, 11) is 0. The first-order chi connectivity index (χ1) is 11.3. The van der Waals surface area contributed by atoms with Crippen molar-refractivity contribution in [3.05, 3.63) is 48.7 Å². The minimum Gasteiger partial charge on any atom is -0.385 e. The van der Waals surface area contributed by atoms with Gasteiger partial charge in [0.05, 0.1) is 0 Å². The molecule has 1 aromatic heterocycles. The van der Waals surface area contributed by atoms with Gasteiger partial charge in [0.2, 0.25) is 0 Å². The average Bonchev–Trinajstić information content (AvgIpc) is 3.08. The Balaban J connectivity index is 1.47. The fourth-order valence-electron chi connectivity index (χ4n) is 2.86. The van der Waals surface area contributed by atoms with Crippen molar-refractivity contribution in [1.82, 2.24) is 4.98 Å². The van der Waals surface area contributed by atoms with Crippen LogP contribution >= 0.6 is 0 Å². The van der Waals surface area contributed by atoms with Crippen molar-refractivity contribution in [2.75, 3.05) is 22.5 Å². The summed E-state index contributed by atoms with van der Waals surface area (Å²) in [5.74, 6) is 1.33. The van der Waals surface area contributed by atoms with Crippen molar-refractivity contribution in [3.63, 3.8) is 0 Å². The molecule has 0 bridgehead atoms. The Bertz CT molecular complexity index is 621. The molecule has 0 aliphatic heterocycles. The van der Waals surface area contributed by atoms with Gasteiger partial charge < -0.3 is 10.6 Å². The van der Waals surface area contributed by atoms with Gasteiger partial charge in [-0.15, -0.1) is 0 Å². The number of carbonyl (C=O) groups is 1. The average molecular weight is 310 g/mol. The minimum atomic E-state index is -0.296. The number of hydrogen-bond donors (Lipinski definition) is 3. The Labute approximate surface area is 136 Å². The van der Waals surface area contributed by atoms with Crippen molar-refractivity contribution >= 4 is 23.2 Å². The molecule has 1 aliphatic rings. The maximum atomic E-state index is 11.9. The Hall–Kier alpha value is -2.56. The topological polar surface area (TPSA) is 66.1 Å². The van der Waals surface area contributed by atoms with E-state index in [0.717, 1.165) is 23.8 Å². The first kappa shape index (κ1) is 15.3. The van der Waals surface area contributed by atoms with Crippen LogP contribution in [-0.2, 0) is 0 Å². The SMILES string of the molecule is O=C(Nc1ccc(NCC2CCCC2)cc1)Nc1ccccn1. The first-order valence-electron chi connectivity index (χ1n) is 8.12. The fourth-order valence-corrected chi connectivity index (χ4v) is 2.86. The molecule has 120 valence electrons. The van der Waals surface area contributed by atoms with Crippen molar-refractivity contribution in [2.45, 2.75) is 25.7 Å². The number of nitrogens with zero attached hydrogens (tertiary/aromatic N) is 1. The number of pyridine rings is 1. The number of hydrogen-bond acceptors (Lipinski definition) is 3. The fraction of sp³-hybridized carbons (Fsp3) is 0.333. The van der Waals surface area contributed by atoms with Gasteiger partial charge in [0.25, 0.3) is 0 Å². The lowest BCUT2D eigenvalue weighted by molar-refractivity contribution is 0.262. The highest BCUT2D eigenvalue weighted by Crippen LogP contribution is 2.25. The summed E-state index contributed by atoms with van der Waals surface area (Å²) in [5.41, 5.74) is 1.84. The quantitative estimate of drug-likeness (QED) is 0.770. The Kier molecular flexibility index (Phi) is 5.09. The summed E-state index contributed by atoms with van der Waals surface area (Å²) in [6.45, 7) is 1.03. The van der Waals surface area contributed by atoms with E-state index in [4.69, 9.17) is 0 Å². The molecule has 1 fully saturated rings. The maximum Gasteiger partial charge on any atom is 0.324 e. The largest absolute Gasteiger partial charge is 0.385 e. The molecular weight excluding hydrogens is 288 g/mol. The molecule has 2 amide bonds. The molecule has 1 aliphatic carbocycles. The monoisotopic (exact) mass is 310 g/mol. The molecule has 1 saturated carbocycles. The molecule has 0 saturated heterocycles. The van der Waals surface area contributed by atoms with E-state index in [1.165, 1.54) is 25.7 Å². The van der Waals surface area contributed by atoms with Gasteiger partial charge in [-0.3, -0.25) is 5.32 Å². The number of amides is 2. The zero-order valence-corrected chi connectivity index (χ0v) is 13.1. The number of aromatic nitrogens is 1.